The highest BCUT2D eigenvalue weighted by atomic mass is 16.5. The highest BCUT2D eigenvalue weighted by Gasteiger charge is 2.43. The lowest BCUT2D eigenvalue weighted by molar-refractivity contribution is -0.0188. The molecule has 0 aromatic carbocycles. The van der Waals surface area contributed by atoms with Crippen LogP contribution in [0.3, 0.4) is 0 Å². The third kappa shape index (κ3) is 1.33. The fourth-order valence-corrected chi connectivity index (χ4v) is 1.77. The maximum atomic E-state index is 5.80. The van der Waals surface area contributed by atoms with E-state index >= 15 is 0 Å². The molecule has 1 unspecified atom stereocenters. The Kier molecular flexibility index (Phi) is 2.33. The van der Waals surface area contributed by atoms with Crippen LogP contribution in [-0.2, 0) is 4.74 Å². The van der Waals surface area contributed by atoms with Crippen molar-refractivity contribution in [1.82, 2.24) is 0 Å². The van der Waals surface area contributed by atoms with Gasteiger partial charge in [-0.3, -0.25) is 0 Å². The molecule has 0 bridgehead atoms. The van der Waals surface area contributed by atoms with Gasteiger partial charge in [-0.1, -0.05) is 20.8 Å². The predicted molar refractivity (Wildman–Crippen MR) is 47.7 cm³/mol. The lowest BCUT2D eigenvalue weighted by atomic mass is 9.77. The second kappa shape index (κ2) is 2.82. The molecule has 1 nitrogen and oxygen atoms in total. The quantitative estimate of drug-likeness (QED) is 0.522. The van der Waals surface area contributed by atoms with Crippen molar-refractivity contribution in [2.75, 3.05) is 0 Å². The van der Waals surface area contributed by atoms with Crippen LogP contribution in [0.25, 0.3) is 0 Å². The van der Waals surface area contributed by atoms with Crippen molar-refractivity contribution in [1.29, 1.82) is 0 Å². The van der Waals surface area contributed by atoms with Crippen LogP contribution < -0.4 is 0 Å². The Morgan fingerprint density at radius 2 is 2.00 bits per heavy atom. The van der Waals surface area contributed by atoms with E-state index in [-0.39, 0.29) is 11.6 Å². The Hall–Kier alpha value is 0.0249. The Morgan fingerprint density at radius 1 is 1.45 bits per heavy atom. The summed E-state index contributed by atoms with van der Waals surface area (Å²) in [6.45, 7) is 8.69. The van der Waals surface area contributed by atoms with E-state index in [2.05, 4.69) is 27.7 Å². The van der Waals surface area contributed by atoms with Crippen LogP contribution in [0.15, 0.2) is 0 Å². The molecule has 0 N–H and O–H groups in total. The monoisotopic (exact) mass is 152 g/mol. The summed E-state index contributed by atoms with van der Waals surface area (Å²) >= 11 is 0. The van der Waals surface area contributed by atoms with Gasteiger partial charge >= 0.3 is 0 Å². The van der Waals surface area contributed by atoms with Crippen molar-refractivity contribution in [2.24, 2.45) is 11.8 Å². The Balaban J connectivity index is 2.73. The van der Waals surface area contributed by atoms with E-state index in [4.69, 9.17) is 12.6 Å². The minimum Gasteiger partial charge on any atom is -0.381 e. The van der Waals surface area contributed by atoms with Gasteiger partial charge in [0.2, 0.25) is 0 Å². The summed E-state index contributed by atoms with van der Waals surface area (Å²) in [5, 5.41) is 0. The highest BCUT2D eigenvalue weighted by Crippen LogP contribution is 2.40. The third-order valence-electron chi connectivity index (χ3n) is 3.38. The van der Waals surface area contributed by atoms with Crippen LogP contribution in [0.4, 0.5) is 0 Å². The topological polar surface area (TPSA) is 9.23 Å². The summed E-state index contributed by atoms with van der Waals surface area (Å²) < 4.78 is 5.70. The van der Waals surface area contributed by atoms with E-state index in [1.807, 2.05) is 0 Å². The zero-order valence-electron chi connectivity index (χ0n) is 7.92. The van der Waals surface area contributed by atoms with Gasteiger partial charge in [0.25, 0.3) is 0 Å². The Labute approximate surface area is 70.9 Å². The van der Waals surface area contributed by atoms with Crippen LogP contribution in [-0.4, -0.2) is 19.5 Å². The largest absolute Gasteiger partial charge is 0.381 e. The van der Waals surface area contributed by atoms with E-state index in [0.29, 0.717) is 11.8 Å². The number of hydrogen-bond donors (Lipinski definition) is 0. The third-order valence-corrected chi connectivity index (χ3v) is 3.38. The summed E-state index contributed by atoms with van der Waals surface area (Å²) in [7, 11) is 5.80. The van der Waals surface area contributed by atoms with Gasteiger partial charge in [-0.2, -0.15) is 0 Å². The first-order chi connectivity index (χ1) is 5.01. The molecule has 0 aromatic rings. The normalized spacial score (nSPS) is 51.5. The van der Waals surface area contributed by atoms with Crippen molar-refractivity contribution in [2.45, 2.75) is 45.7 Å². The van der Waals surface area contributed by atoms with Crippen LogP contribution in [0.5, 0.6) is 0 Å². The first-order valence-corrected chi connectivity index (χ1v) is 4.44. The second-order valence-electron chi connectivity index (χ2n) is 3.90. The summed E-state index contributed by atoms with van der Waals surface area (Å²) in [6.07, 6.45) is 1.05. The van der Waals surface area contributed by atoms with Crippen molar-refractivity contribution in [3.63, 3.8) is 0 Å². The summed E-state index contributed by atoms with van der Waals surface area (Å²) in [5.41, 5.74) is 0.0127. The lowest BCUT2D eigenvalue weighted by Crippen LogP contribution is -2.30. The molecule has 1 rings (SSSR count). The highest BCUT2D eigenvalue weighted by molar-refractivity contribution is 6.11. The van der Waals surface area contributed by atoms with Gasteiger partial charge < -0.3 is 4.74 Å². The van der Waals surface area contributed by atoms with E-state index in [9.17, 15) is 0 Å². The van der Waals surface area contributed by atoms with Gasteiger partial charge in [-0.25, -0.2) is 0 Å². The summed E-state index contributed by atoms with van der Waals surface area (Å²) in [4.78, 5) is 0. The first kappa shape index (κ1) is 9.12. The van der Waals surface area contributed by atoms with Crippen molar-refractivity contribution in [3.05, 3.63) is 0 Å². The zero-order chi connectivity index (χ0) is 8.65. The summed E-state index contributed by atoms with van der Waals surface area (Å²) in [6, 6.07) is -0.0602. The van der Waals surface area contributed by atoms with Gasteiger partial charge in [0.1, 0.15) is 7.85 Å². The second-order valence-corrected chi connectivity index (χ2v) is 3.90. The Morgan fingerprint density at radius 3 is 2.18 bits per heavy atom. The predicted octanol–water partition coefficient (Wildman–Crippen LogP) is 1.95. The van der Waals surface area contributed by atoms with Crippen molar-refractivity contribution in [3.8, 4) is 0 Å². The SMILES string of the molecule is [B][C@@H]1O[C@@](C)(CC)C(C)[C@@H]1C. The van der Waals surface area contributed by atoms with Crippen LogP contribution in [0.1, 0.15) is 34.1 Å². The summed E-state index contributed by atoms with van der Waals surface area (Å²) in [5.74, 6) is 1.06. The van der Waals surface area contributed by atoms with Gasteiger partial charge in [-0.05, 0) is 25.2 Å². The molecule has 4 atom stereocenters. The fourth-order valence-electron chi connectivity index (χ4n) is 1.77. The van der Waals surface area contributed by atoms with E-state index < -0.39 is 0 Å². The molecule has 62 valence electrons. The molecule has 2 radical (unpaired) electrons. The number of rotatable bonds is 1. The molecular weight excluding hydrogens is 135 g/mol. The zero-order valence-corrected chi connectivity index (χ0v) is 7.92. The van der Waals surface area contributed by atoms with Gasteiger partial charge in [0.15, 0.2) is 0 Å². The van der Waals surface area contributed by atoms with E-state index in [0.717, 1.165) is 6.42 Å². The van der Waals surface area contributed by atoms with Crippen LogP contribution in [0.2, 0.25) is 0 Å². The molecule has 2 heteroatoms. The fraction of sp³-hybridized carbons (Fsp3) is 1.00. The molecule has 1 saturated heterocycles. The van der Waals surface area contributed by atoms with E-state index in [1.54, 1.807) is 0 Å². The molecule has 1 fully saturated rings. The van der Waals surface area contributed by atoms with Gasteiger partial charge in [-0.15, -0.1) is 0 Å². The smallest absolute Gasteiger partial charge is 0.109 e. The van der Waals surface area contributed by atoms with Crippen molar-refractivity contribution >= 4 is 7.85 Å². The number of ether oxygens (including phenoxy) is 1. The standard InChI is InChI=1S/C9H17BO/c1-5-9(4)7(3)6(2)8(10)11-9/h6-8H,5H2,1-4H3/t6-,7?,8+,9-/m0/s1. The molecule has 0 amide bonds. The van der Waals surface area contributed by atoms with E-state index in [1.165, 1.54) is 0 Å². The molecule has 1 aliphatic rings. The molecule has 0 saturated carbocycles. The number of hydrogen-bond acceptors (Lipinski definition) is 1. The van der Waals surface area contributed by atoms with Crippen LogP contribution >= 0.6 is 0 Å². The van der Waals surface area contributed by atoms with Crippen LogP contribution in [0, 0.1) is 11.8 Å². The molecular formula is C9H17BO. The molecule has 0 spiro atoms. The molecule has 0 aliphatic carbocycles. The molecule has 11 heavy (non-hydrogen) atoms. The maximum absolute atomic E-state index is 5.80. The van der Waals surface area contributed by atoms with Crippen molar-refractivity contribution < 1.29 is 4.74 Å². The molecule has 1 heterocycles. The lowest BCUT2D eigenvalue weighted by Gasteiger charge is -2.27. The maximum Gasteiger partial charge on any atom is 0.109 e. The minimum absolute atomic E-state index is 0.0127. The minimum atomic E-state index is -0.0602. The molecule has 0 aromatic heterocycles. The average molecular weight is 152 g/mol. The van der Waals surface area contributed by atoms with Gasteiger partial charge in [0.05, 0.1) is 5.60 Å². The Bertz CT molecular complexity index is 148. The molecule has 1 aliphatic heterocycles. The average Bonchev–Trinajstić information content (AvgIpc) is 2.17. The van der Waals surface area contributed by atoms with Gasteiger partial charge in [0, 0.05) is 6.00 Å². The first-order valence-electron chi connectivity index (χ1n) is 4.44.